The monoisotopic (exact) mass is 285 g/mol. The molecule has 0 fully saturated rings. The lowest BCUT2D eigenvalue weighted by Crippen LogP contribution is -2.27. The highest BCUT2D eigenvalue weighted by atomic mass is 35.5. The molecule has 1 unspecified atom stereocenters. The summed E-state index contributed by atoms with van der Waals surface area (Å²) in [6.07, 6.45) is 6.15. The normalized spacial score (nSPS) is 18.6. The first-order chi connectivity index (χ1) is 9.45. The van der Waals surface area contributed by atoms with Crippen LogP contribution in [0.1, 0.15) is 32.6 Å². The smallest absolute Gasteiger partial charge is 0.134 e. The van der Waals surface area contributed by atoms with Crippen LogP contribution in [0.2, 0.25) is 0 Å². The van der Waals surface area contributed by atoms with Crippen LogP contribution < -0.4 is 0 Å². The minimum Gasteiger partial charge on any atom is -0.327 e. The lowest BCUT2D eigenvalue weighted by atomic mass is 9.83. The van der Waals surface area contributed by atoms with Crippen LogP contribution in [0, 0.1) is 11.8 Å². The van der Waals surface area contributed by atoms with Crippen molar-refractivity contribution in [1.82, 2.24) is 9.55 Å². The summed E-state index contributed by atoms with van der Waals surface area (Å²) in [5, 5.41) is 0.766. The number of aromatic nitrogens is 2. The fraction of sp³-hybridized carbons (Fsp3) is 0.294. The van der Waals surface area contributed by atoms with E-state index in [1.165, 1.54) is 0 Å². The summed E-state index contributed by atoms with van der Waals surface area (Å²) in [5.41, 5.74) is 2.22. The molecule has 20 heavy (non-hydrogen) atoms. The van der Waals surface area contributed by atoms with E-state index in [0.717, 1.165) is 22.1 Å². The summed E-state index contributed by atoms with van der Waals surface area (Å²) in [4.78, 5) is 4.72. The number of halogens is 1. The number of allylic oxidation sites excluding steroid dienone is 1. The molecule has 103 valence electrons. The third-order valence-corrected chi connectivity index (χ3v) is 3.84. The molecule has 1 aliphatic heterocycles. The van der Waals surface area contributed by atoms with Gasteiger partial charge in [0.2, 0.25) is 0 Å². The first kappa shape index (κ1) is 13.4. The Bertz CT molecular complexity index is 647. The number of hydrogen-bond donors (Lipinski definition) is 0. The van der Waals surface area contributed by atoms with Crippen LogP contribution >= 0.6 is 11.6 Å². The predicted molar refractivity (Wildman–Crippen MR) is 84.3 cm³/mol. The first-order valence-corrected chi connectivity index (χ1v) is 7.19. The summed E-state index contributed by atoms with van der Waals surface area (Å²) in [6.45, 7) is 6.65. The van der Waals surface area contributed by atoms with E-state index in [2.05, 4.69) is 50.1 Å². The zero-order valence-electron chi connectivity index (χ0n) is 12.0. The van der Waals surface area contributed by atoms with Crippen molar-refractivity contribution in [3.05, 3.63) is 53.8 Å². The molecule has 0 aliphatic carbocycles. The van der Waals surface area contributed by atoms with Gasteiger partial charge in [-0.15, -0.1) is 0 Å². The third kappa shape index (κ3) is 2.40. The number of benzene rings is 1. The number of rotatable bonds is 1. The van der Waals surface area contributed by atoms with Gasteiger partial charge in [-0.25, -0.2) is 4.98 Å². The van der Waals surface area contributed by atoms with Crippen molar-refractivity contribution < 1.29 is 0 Å². The third-order valence-electron chi connectivity index (χ3n) is 3.60. The van der Waals surface area contributed by atoms with Gasteiger partial charge in [0.15, 0.2) is 0 Å². The lowest BCUT2D eigenvalue weighted by Gasteiger charge is -2.34. The van der Waals surface area contributed by atoms with Gasteiger partial charge in [0.05, 0.1) is 5.69 Å². The lowest BCUT2D eigenvalue weighted by molar-refractivity contribution is 0.275. The van der Waals surface area contributed by atoms with E-state index < -0.39 is 0 Å². The SMILES string of the molecule is CC(C)(C)C1[CH]C(Cl)=Cc2nc(-c3ccccc3)cn21. The molecule has 0 spiro atoms. The standard InChI is InChI=1S/C17H18ClN2/c1-17(2,3)15-9-13(18)10-16-19-14(11-20(15)16)12-7-5-4-6-8-12/h4-11,15H,1-3H3. The number of nitrogens with zero attached hydrogens (tertiary/aromatic N) is 2. The van der Waals surface area contributed by atoms with Gasteiger partial charge >= 0.3 is 0 Å². The molecule has 3 heteroatoms. The first-order valence-electron chi connectivity index (χ1n) is 6.81. The van der Waals surface area contributed by atoms with E-state index in [4.69, 9.17) is 16.6 Å². The number of hydrogen-bond acceptors (Lipinski definition) is 1. The van der Waals surface area contributed by atoms with E-state index in [1.54, 1.807) is 0 Å². The number of fused-ring (bicyclic) bond motifs is 1. The van der Waals surface area contributed by atoms with E-state index in [1.807, 2.05) is 24.3 Å². The molecule has 1 radical (unpaired) electrons. The van der Waals surface area contributed by atoms with Gasteiger partial charge in [-0.05, 0) is 11.5 Å². The van der Waals surface area contributed by atoms with Gasteiger partial charge in [-0.1, -0.05) is 62.7 Å². The molecule has 1 atom stereocenters. The molecule has 1 aromatic carbocycles. The van der Waals surface area contributed by atoms with Crippen LogP contribution in [-0.4, -0.2) is 9.55 Å². The van der Waals surface area contributed by atoms with Crippen LogP contribution in [0.3, 0.4) is 0 Å². The summed E-state index contributed by atoms with van der Waals surface area (Å²) in [6, 6.07) is 10.5. The predicted octanol–water partition coefficient (Wildman–Crippen LogP) is 4.93. The van der Waals surface area contributed by atoms with E-state index in [0.29, 0.717) is 0 Å². The Morgan fingerprint density at radius 2 is 1.85 bits per heavy atom. The van der Waals surface area contributed by atoms with Crippen LogP contribution in [0.15, 0.2) is 41.6 Å². The van der Waals surface area contributed by atoms with Gasteiger partial charge in [0, 0.05) is 29.3 Å². The molecule has 0 bridgehead atoms. The Morgan fingerprint density at radius 3 is 2.50 bits per heavy atom. The fourth-order valence-electron chi connectivity index (χ4n) is 2.56. The molecule has 0 saturated heterocycles. The molecule has 0 saturated carbocycles. The van der Waals surface area contributed by atoms with Crippen molar-refractivity contribution in [2.45, 2.75) is 26.8 Å². The van der Waals surface area contributed by atoms with Crippen molar-refractivity contribution >= 4 is 17.7 Å². The minimum absolute atomic E-state index is 0.0950. The maximum Gasteiger partial charge on any atom is 0.134 e. The molecule has 2 nitrogen and oxygen atoms in total. The molecule has 2 aromatic rings. The average Bonchev–Trinajstić information content (AvgIpc) is 2.81. The van der Waals surface area contributed by atoms with Crippen LogP contribution in [0.5, 0.6) is 0 Å². The Labute approximate surface area is 125 Å². The average molecular weight is 286 g/mol. The highest BCUT2D eigenvalue weighted by Crippen LogP contribution is 2.41. The summed E-state index contributed by atoms with van der Waals surface area (Å²) in [7, 11) is 0. The Kier molecular flexibility index (Phi) is 3.21. The highest BCUT2D eigenvalue weighted by molar-refractivity contribution is 6.32. The Hall–Kier alpha value is -1.54. The van der Waals surface area contributed by atoms with Crippen LogP contribution in [0.4, 0.5) is 0 Å². The zero-order chi connectivity index (χ0) is 14.3. The topological polar surface area (TPSA) is 17.8 Å². The van der Waals surface area contributed by atoms with Gasteiger partial charge in [0.1, 0.15) is 5.82 Å². The van der Waals surface area contributed by atoms with Crippen LogP contribution in [-0.2, 0) is 0 Å². The molecule has 3 rings (SSSR count). The Morgan fingerprint density at radius 1 is 1.15 bits per heavy atom. The second-order valence-corrected chi connectivity index (χ2v) is 6.70. The van der Waals surface area contributed by atoms with E-state index in [9.17, 15) is 0 Å². The summed E-state index contributed by atoms with van der Waals surface area (Å²) >= 11 is 6.25. The maximum absolute atomic E-state index is 6.25. The largest absolute Gasteiger partial charge is 0.327 e. The van der Waals surface area contributed by atoms with E-state index >= 15 is 0 Å². The molecular formula is C17H18ClN2. The fourth-order valence-corrected chi connectivity index (χ4v) is 2.77. The van der Waals surface area contributed by atoms with Gasteiger partial charge in [-0.3, -0.25) is 0 Å². The Balaban J connectivity index is 2.09. The molecule has 0 amide bonds. The van der Waals surface area contributed by atoms with Crippen molar-refractivity contribution in [3.63, 3.8) is 0 Å². The second-order valence-electron chi connectivity index (χ2n) is 6.26. The summed E-state index contributed by atoms with van der Waals surface area (Å²) < 4.78 is 2.22. The van der Waals surface area contributed by atoms with Gasteiger partial charge in [-0.2, -0.15) is 0 Å². The molecule has 1 aromatic heterocycles. The van der Waals surface area contributed by atoms with Crippen LogP contribution in [0.25, 0.3) is 17.3 Å². The quantitative estimate of drug-likeness (QED) is 0.726. The van der Waals surface area contributed by atoms with Gasteiger partial charge < -0.3 is 4.57 Å². The van der Waals surface area contributed by atoms with Gasteiger partial charge in [0.25, 0.3) is 0 Å². The minimum atomic E-state index is 0.0950. The van der Waals surface area contributed by atoms with E-state index in [-0.39, 0.29) is 11.5 Å². The molecule has 2 heterocycles. The second kappa shape index (κ2) is 4.78. The number of imidazole rings is 1. The molecule has 0 N–H and O–H groups in total. The molecular weight excluding hydrogens is 268 g/mol. The van der Waals surface area contributed by atoms with Crippen molar-refractivity contribution in [2.75, 3.05) is 0 Å². The van der Waals surface area contributed by atoms with Crippen molar-refractivity contribution in [3.8, 4) is 11.3 Å². The maximum atomic E-state index is 6.25. The summed E-state index contributed by atoms with van der Waals surface area (Å²) in [5.74, 6) is 0.927. The molecule has 1 aliphatic rings. The van der Waals surface area contributed by atoms with Crippen molar-refractivity contribution in [2.24, 2.45) is 5.41 Å². The zero-order valence-corrected chi connectivity index (χ0v) is 12.7. The highest BCUT2D eigenvalue weighted by Gasteiger charge is 2.31. The van der Waals surface area contributed by atoms with Crippen molar-refractivity contribution in [1.29, 1.82) is 0 Å².